The second-order valence-corrected chi connectivity index (χ2v) is 8.75. The summed E-state index contributed by atoms with van der Waals surface area (Å²) in [5, 5.41) is 8.93. The highest BCUT2D eigenvalue weighted by Crippen LogP contribution is 2.33. The van der Waals surface area contributed by atoms with Crippen LogP contribution in [0.1, 0.15) is 48.1 Å². The van der Waals surface area contributed by atoms with Crippen molar-refractivity contribution in [3.05, 3.63) is 113 Å². The van der Waals surface area contributed by atoms with E-state index in [1.165, 1.54) is 5.56 Å². The van der Waals surface area contributed by atoms with Crippen LogP contribution in [-0.4, -0.2) is 23.8 Å². The van der Waals surface area contributed by atoms with E-state index >= 15 is 0 Å². The smallest absolute Gasteiger partial charge is 0.341 e. The van der Waals surface area contributed by atoms with Gasteiger partial charge in [0.25, 0.3) is 0 Å². The Morgan fingerprint density at radius 1 is 1.00 bits per heavy atom. The Morgan fingerprint density at radius 3 is 2.29 bits per heavy atom. The second-order valence-electron chi connectivity index (χ2n) is 8.75. The summed E-state index contributed by atoms with van der Waals surface area (Å²) in [5.41, 5.74) is 4.69. The first-order valence-corrected chi connectivity index (χ1v) is 12.0. The molecule has 0 aromatic heterocycles. The van der Waals surface area contributed by atoms with E-state index in [0.29, 0.717) is 11.7 Å². The molecule has 4 heteroatoms. The molecule has 3 aromatic rings. The van der Waals surface area contributed by atoms with Crippen LogP contribution in [-0.2, 0) is 22.4 Å². The number of carboxylic acid groups (broad SMARTS) is 1. The Hall–Kier alpha value is -3.37. The number of allylic oxidation sites excluding steroid dienone is 1. The summed E-state index contributed by atoms with van der Waals surface area (Å²) in [7, 11) is 0. The minimum absolute atomic E-state index is 0.0112. The first-order chi connectivity index (χ1) is 16.6. The van der Waals surface area contributed by atoms with Gasteiger partial charge in [-0.25, -0.2) is 4.79 Å². The molecule has 34 heavy (non-hydrogen) atoms. The van der Waals surface area contributed by atoms with Gasteiger partial charge in [0.15, 0.2) is 6.61 Å². The van der Waals surface area contributed by atoms with Gasteiger partial charge in [-0.2, -0.15) is 0 Å². The van der Waals surface area contributed by atoms with Crippen LogP contribution >= 0.6 is 0 Å². The lowest BCUT2D eigenvalue weighted by molar-refractivity contribution is -0.139. The van der Waals surface area contributed by atoms with Crippen molar-refractivity contribution in [3.63, 3.8) is 0 Å². The summed E-state index contributed by atoms with van der Waals surface area (Å²) < 4.78 is 12.2. The van der Waals surface area contributed by atoms with E-state index in [1.54, 1.807) is 0 Å². The molecule has 0 saturated heterocycles. The van der Waals surface area contributed by atoms with Crippen molar-refractivity contribution < 1.29 is 19.4 Å². The van der Waals surface area contributed by atoms with Crippen LogP contribution in [0.25, 0.3) is 0 Å². The van der Waals surface area contributed by atoms with E-state index in [2.05, 4.69) is 73.7 Å². The molecule has 0 amide bonds. The van der Waals surface area contributed by atoms with Crippen LogP contribution in [0, 0.1) is 5.92 Å². The van der Waals surface area contributed by atoms with Gasteiger partial charge >= 0.3 is 5.97 Å². The third kappa shape index (κ3) is 6.15. The average molecular weight is 457 g/mol. The molecule has 0 saturated carbocycles. The van der Waals surface area contributed by atoms with Crippen molar-refractivity contribution in [2.75, 3.05) is 6.61 Å². The maximum absolute atomic E-state index is 10.9. The second kappa shape index (κ2) is 11.7. The van der Waals surface area contributed by atoms with Crippen LogP contribution in [0.5, 0.6) is 5.75 Å². The van der Waals surface area contributed by atoms with Gasteiger partial charge in [0.05, 0.1) is 6.10 Å². The predicted octanol–water partition coefficient (Wildman–Crippen LogP) is 6.40. The molecule has 1 aliphatic carbocycles. The summed E-state index contributed by atoms with van der Waals surface area (Å²) in [6.45, 7) is 1.85. The Morgan fingerprint density at radius 2 is 1.68 bits per heavy atom. The molecule has 0 aliphatic heterocycles. The number of hydrogen-bond acceptors (Lipinski definition) is 3. The molecular weight excluding hydrogens is 424 g/mol. The molecule has 1 aliphatic rings. The molecule has 1 N–H and O–H groups in total. The van der Waals surface area contributed by atoms with Crippen molar-refractivity contribution in [1.29, 1.82) is 0 Å². The monoisotopic (exact) mass is 456 g/mol. The number of aliphatic carboxylic acids is 1. The molecular formula is C30H32O4. The van der Waals surface area contributed by atoms with Crippen molar-refractivity contribution in [1.82, 2.24) is 0 Å². The zero-order valence-corrected chi connectivity index (χ0v) is 19.6. The first kappa shape index (κ1) is 23.8. The van der Waals surface area contributed by atoms with Crippen molar-refractivity contribution in [2.45, 2.75) is 44.8 Å². The number of carbonyl (C=O) groups is 1. The van der Waals surface area contributed by atoms with Crippen LogP contribution in [0.2, 0.25) is 0 Å². The standard InChI is InChI=1S/C30H32O4/c1-2-26(34-30(23-10-5-3-6-11-23)24-12-7-4-8-13-24)18-16-22-17-19-27-25(20-22)14-9-15-28(27)33-21-29(31)32/h3-16,18,22,26,30H,2,17,19-21H2,1H3,(H,31,32). The zero-order chi connectivity index (χ0) is 23.8. The minimum Gasteiger partial charge on any atom is -0.482 e. The van der Waals surface area contributed by atoms with E-state index in [1.807, 2.05) is 24.3 Å². The van der Waals surface area contributed by atoms with Crippen LogP contribution in [0.3, 0.4) is 0 Å². The van der Waals surface area contributed by atoms with Crippen molar-refractivity contribution >= 4 is 5.97 Å². The van der Waals surface area contributed by atoms with Gasteiger partial charge in [0.2, 0.25) is 0 Å². The summed E-state index contributed by atoms with van der Waals surface area (Å²) in [5.74, 6) is 0.168. The van der Waals surface area contributed by atoms with E-state index < -0.39 is 5.97 Å². The highest BCUT2D eigenvalue weighted by molar-refractivity contribution is 5.68. The van der Waals surface area contributed by atoms with Crippen LogP contribution < -0.4 is 4.74 Å². The Labute approximate surface area is 201 Å². The van der Waals surface area contributed by atoms with Crippen LogP contribution in [0.4, 0.5) is 0 Å². The van der Waals surface area contributed by atoms with Gasteiger partial charge in [-0.15, -0.1) is 0 Å². The maximum Gasteiger partial charge on any atom is 0.341 e. The molecule has 4 rings (SSSR count). The highest BCUT2D eigenvalue weighted by Gasteiger charge is 2.22. The number of benzene rings is 3. The molecule has 2 atom stereocenters. The summed E-state index contributed by atoms with van der Waals surface area (Å²) in [6.07, 6.45) is 8.13. The van der Waals surface area contributed by atoms with Gasteiger partial charge in [-0.3, -0.25) is 0 Å². The predicted molar refractivity (Wildman–Crippen MR) is 134 cm³/mol. The number of fused-ring (bicyclic) bond motifs is 1. The van der Waals surface area contributed by atoms with E-state index in [0.717, 1.165) is 42.4 Å². The molecule has 0 fully saturated rings. The quantitative estimate of drug-likeness (QED) is 0.359. The Kier molecular flexibility index (Phi) is 8.16. The van der Waals surface area contributed by atoms with Gasteiger partial charge in [-0.05, 0) is 59.9 Å². The van der Waals surface area contributed by atoms with Gasteiger partial charge in [0.1, 0.15) is 11.9 Å². The minimum atomic E-state index is -0.955. The van der Waals surface area contributed by atoms with E-state index in [-0.39, 0.29) is 18.8 Å². The van der Waals surface area contributed by atoms with Gasteiger partial charge in [0, 0.05) is 0 Å². The molecule has 2 unspecified atom stereocenters. The SMILES string of the molecule is CCC(C=CC1CCc2c(cccc2OCC(=O)O)C1)OC(c1ccccc1)c1ccccc1. The lowest BCUT2D eigenvalue weighted by Gasteiger charge is -2.26. The molecule has 0 bridgehead atoms. The molecule has 4 nitrogen and oxygen atoms in total. The number of rotatable bonds is 10. The number of carboxylic acids is 1. The molecule has 0 heterocycles. The van der Waals surface area contributed by atoms with E-state index in [9.17, 15) is 4.79 Å². The third-order valence-corrected chi connectivity index (χ3v) is 6.34. The summed E-state index contributed by atoms with van der Waals surface area (Å²) in [4.78, 5) is 10.9. The maximum atomic E-state index is 10.9. The largest absolute Gasteiger partial charge is 0.482 e. The summed E-state index contributed by atoms with van der Waals surface area (Å²) in [6, 6.07) is 26.7. The molecule has 3 aromatic carbocycles. The fraction of sp³-hybridized carbons (Fsp3) is 0.300. The topological polar surface area (TPSA) is 55.8 Å². The fourth-order valence-electron chi connectivity index (χ4n) is 4.58. The van der Waals surface area contributed by atoms with Crippen molar-refractivity contribution in [2.24, 2.45) is 5.92 Å². The normalized spacial score (nSPS) is 16.4. The van der Waals surface area contributed by atoms with Gasteiger partial charge < -0.3 is 14.6 Å². The Bertz CT molecular complexity index is 1050. The highest BCUT2D eigenvalue weighted by atomic mass is 16.5. The van der Waals surface area contributed by atoms with E-state index in [4.69, 9.17) is 14.6 Å². The van der Waals surface area contributed by atoms with Gasteiger partial charge in [-0.1, -0.05) is 91.9 Å². The average Bonchev–Trinajstić information content (AvgIpc) is 2.88. The lowest BCUT2D eigenvalue weighted by atomic mass is 9.83. The fourth-order valence-corrected chi connectivity index (χ4v) is 4.58. The zero-order valence-electron chi connectivity index (χ0n) is 19.6. The van der Waals surface area contributed by atoms with Crippen LogP contribution in [0.15, 0.2) is 91.0 Å². The summed E-state index contributed by atoms with van der Waals surface area (Å²) >= 11 is 0. The number of ether oxygens (including phenoxy) is 2. The third-order valence-electron chi connectivity index (χ3n) is 6.34. The molecule has 0 radical (unpaired) electrons. The lowest BCUT2D eigenvalue weighted by Crippen LogP contribution is -2.18. The molecule has 0 spiro atoms. The number of hydrogen-bond donors (Lipinski definition) is 1. The molecule has 176 valence electrons. The van der Waals surface area contributed by atoms with Crippen molar-refractivity contribution in [3.8, 4) is 5.75 Å². The Balaban J connectivity index is 1.45. The first-order valence-electron chi connectivity index (χ1n) is 12.0.